The van der Waals surface area contributed by atoms with Crippen LogP contribution in [0.25, 0.3) is 0 Å². The first kappa shape index (κ1) is 12.5. The van der Waals surface area contributed by atoms with E-state index in [9.17, 15) is 4.79 Å². The third kappa shape index (κ3) is 3.80. The van der Waals surface area contributed by atoms with Crippen LogP contribution in [-0.4, -0.2) is 38.4 Å². The summed E-state index contributed by atoms with van der Waals surface area (Å²) in [6.45, 7) is 5.74. The highest BCUT2D eigenvalue weighted by atomic mass is 16.5. The molecule has 1 fully saturated rings. The maximum absolute atomic E-state index is 11.6. The lowest BCUT2D eigenvalue weighted by Crippen LogP contribution is -2.46. The van der Waals surface area contributed by atoms with Crippen molar-refractivity contribution in [3.63, 3.8) is 0 Å². The van der Waals surface area contributed by atoms with Gasteiger partial charge in [-0.3, -0.25) is 4.79 Å². The predicted molar refractivity (Wildman–Crippen MR) is 57.6 cm³/mol. The zero-order chi connectivity index (χ0) is 11.3. The quantitative estimate of drug-likeness (QED) is 0.709. The van der Waals surface area contributed by atoms with Gasteiger partial charge in [-0.2, -0.15) is 0 Å². The summed E-state index contributed by atoms with van der Waals surface area (Å²) < 4.78 is 10.5. The van der Waals surface area contributed by atoms with E-state index >= 15 is 0 Å². The molecule has 15 heavy (non-hydrogen) atoms. The fraction of sp³-hybridized carbons (Fsp3) is 0.909. The van der Waals surface area contributed by atoms with Gasteiger partial charge in [0.2, 0.25) is 0 Å². The summed E-state index contributed by atoms with van der Waals surface area (Å²) in [5.74, 6) is 0.284. The number of ether oxygens (including phenoxy) is 2. The maximum atomic E-state index is 11.6. The summed E-state index contributed by atoms with van der Waals surface area (Å²) >= 11 is 0. The average molecular weight is 215 g/mol. The number of hydrogen-bond acceptors (Lipinski definition) is 4. The molecule has 0 unspecified atom stereocenters. The molecule has 0 aromatic rings. The molecule has 0 atom stereocenters. The molecule has 0 aromatic heterocycles. The number of carbonyl (C=O) groups excluding carboxylic acids is 1. The van der Waals surface area contributed by atoms with Gasteiger partial charge < -0.3 is 14.8 Å². The van der Waals surface area contributed by atoms with Gasteiger partial charge in [-0.25, -0.2) is 0 Å². The fourth-order valence-corrected chi connectivity index (χ4v) is 1.39. The molecule has 1 aliphatic heterocycles. The second kappa shape index (κ2) is 5.47. The van der Waals surface area contributed by atoms with Crippen molar-refractivity contribution in [2.75, 3.05) is 26.9 Å². The topological polar surface area (TPSA) is 47.6 Å². The van der Waals surface area contributed by atoms with Crippen LogP contribution in [0.15, 0.2) is 0 Å². The smallest absolute Gasteiger partial charge is 0.325 e. The fourth-order valence-electron chi connectivity index (χ4n) is 1.39. The minimum atomic E-state index is -0.592. The molecule has 1 aliphatic rings. The monoisotopic (exact) mass is 215 g/mol. The zero-order valence-electron chi connectivity index (χ0n) is 9.84. The summed E-state index contributed by atoms with van der Waals surface area (Å²) in [5, 5.41) is 2.93. The molecule has 1 saturated heterocycles. The molecule has 0 amide bonds. The molecular formula is C11H21NO3. The lowest BCUT2D eigenvalue weighted by molar-refractivity contribution is -0.152. The van der Waals surface area contributed by atoms with E-state index in [4.69, 9.17) is 9.47 Å². The Morgan fingerprint density at radius 3 is 2.60 bits per heavy atom. The highest BCUT2D eigenvalue weighted by Crippen LogP contribution is 2.16. The van der Waals surface area contributed by atoms with Crippen molar-refractivity contribution < 1.29 is 14.3 Å². The van der Waals surface area contributed by atoms with Gasteiger partial charge in [0.05, 0.1) is 6.61 Å². The van der Waals surface area contributed by atoms with Gasteiger partial charge in [-0.05, 0) is 39.7 Å². The number of esters is 1. The Morgan fingerprint density at radius 2 is 2.07 bits per heavy atom. The first-order chi connectivity index (χ1) is 7.06. The van der Waals surface area contributed by atoms with Gasteiger partial charge in [0.25, 0.3) is 0 Å². The highest BCUT2D eigenvalue weighted by molar-refractivity contribution is 5.79. The van der Waals surface area contributed by atoms with E-state index in [1.807, 2.05) is 13.8 Å². The molecule has 1 heterocycles. The normalized spacial score (nSPS) is 18.9. The van der Waals surface area contributed by atoms with Crippen LogP contribution in [0, 0.1) is 5.92 Å². The lowest BCUT2D eigenvalue weighted by Gasteiger charge is -2.25. The second-order valence-electron chi connectivity index (χ2n) is 4.53. The van der Waals surface area contributed by atoms with Crippen molar-refractivity contribution >= 4 is 5.97 Å². The van der Waals surface area contributed by atoms with Crippen molar-refractivity contribution in [2.24, 2.45) is 5.92 Å². The van der Waals surface area contributed by atoms with E-state index in [1.54, 1.807) is 7.05 Å². The van der Waals surface area contributed by atoms with Crippen LogP contribution in [0.5, 0.6) is 0 Å². The maximum Gasteiger partial charge on any atom is 0.325 e. The average Bonchev–Trinajstić information content (AvgIpc) is 2.27. The molecule has 0 aliphatic carbocycles. The van der Waals surface area contributed by atoms with Crippen LogP contribution >= 0.6 is 0 Å². The summed E-state index contributed by atoms with van der Waals surface area (Å²) in [4.78, 5) is 11.6. The van der Waals surface area contributed by atoms with Crippen LogP contribution in [0.1, 0.15) is 26.7 Å². The largest absolute Gasteiger partial charge is 0.464 e. The SMILES string of the molecule is CNC(C)(C)C(=O)OCC1CCOCC1. The minimum absolute atomic E-state index is 0.184. The Morgan fingerprint density at radius 1 is 1.47 bits per heavy atom. The molecule has 0 spiro atoms. The van der Waals surface area contributed by atoms with Crippen LogP contribution in [0.4, 0.5) is 0 Å². The van der Waals surface area contributed by atoms with Gasteiger partial charge in [-0.1, -0.05) is 0 Å². The summed E-state index contributed by atoms with van der Waals surface area (Å²) in [7, 11) is 1.76. The Bertz CT molecular complexity index is 210. The number of rotatable bonds is 4. The van der Waals surface area contributed by atoms with Crippen LogP contribution in [0.2, 0.25) is 0 Å². The van der Waals surface area contributed by atoms with Crippen molar-refractivity contribution in [1.29, 1.82) is 0 Å². The summed E-state index contributed by atoms with van der Waals surface area (Å²) in [6.07, 6.45) is 1.99. The van der Waals surface area contributed by atoms with Crippen molar-refractivity contribution in [3.8, 4) is 0 Å². The Labute approximate surface area is 91.3 Å². The molecule has 4 heteroatoms. The van der Waals surface area contributed by atoms with E-state index in [2.05, 4.69) is 5.32 Å². The predicted octanol–water partition coefficient (Wildman–Crippen LogP) is 0.954. The van der Waals surface area contributed by atoms with Gasteiger partial charge in [0, 0.05) is 13.2 Å². The Balaban J connectivity index is 2.26. The Kier molecular flexibility index (Phi) is 4.54. The van der Waals surface area contributed by atoms with E-state index in [-0.39, 0.29) is 5.97 Å². The second-order valence-corrected chi connectivity index (χ2v) is 4.53. The van der Waals surface area contributed by atoms with Gasteiger partial charge in [0.15, 0.2) is 0 Å². The summed E-state index contributed by atoms with van der Waals surface area (Å²) in [6, 6.07) is 0. The third-order valence-corrected chi connectivity index (χ3v) is 2.93. The van der Waals surface area contributed by atoms with Crippen molar-refractivity contribution in [2.45, 2.75) is 32.2 Å². The molecule has 0 aromatic carbocycles. The first-order valence-corrected chi connectivity index (χ1v) is 5.50. The zero-order valence-corrected chi connectivity index (χ0v) is 9.84. The number of carbonyl (C=O) groups is 1. The van der Waals surface area contributed by atoms with Crippen molar-refractivity contribution in [1.82, 2.24) is 5.32 Å². The molecule has 0 radical (unpaired) electrons. The van der Waals surface area contributed by atoms with E-state index in [0.29, 0.717) is 12.5 Å². The number of hydrogen-bond donors (Lipinski definition) is 1. The standard InChI is InChI=1S/C11H21NO3/c1-11(2,12-3)10(13)15-8-9-4-6-14-7-5-9/h9,12H,4-8H2,1-3H3. The number of likely N-dealkylation sites (N-methyl/N-ethyl adjacent to an activating group) is 1. The van der Waals surface area contributed by atoms with Crippen LogP contribution < -0.4 is 5.32 Å². The van der Waals surface area contributed by atoms with E-state index in [0.717, 1.165) is 26.1 Å². The van der Waals surface area contributed by atoms with Gasteiger partial charge >= 0.3 is 5.97 Å². The van der Waals surface area contributed by atoms with E-state index in [1.165, 1.54) is 0 Å². The highest BCUT2D eigenvalue weighted by Gasteiger charge is 2.28. The van der Waals surface area contributed by atoms with E-state index < -0.39 is 5.54 Å². The van der Waals surface area contributed by atoms with Crippen LogP contribution in [0.3, 0.4) is 0 Å². The molecule has 1 N–H and O–H groups in total. The molecule has 1 rings (SSSR count). The molecule has 0 saturated carbocycles. The van der Waals surface area contributed by atoms with Crippen LogP contribution in [-0.2, 0) is 14.3 Å². The third-order valence-electron chi connectivity index (χ3n) is 2.93. The number of nitrogens with one attached hydrogen (secondary N) is 1. The first-order valence-electron chi connectivity index (χ1n) is 5.50. The van der Waals surface area contributed by atoms with Gasteiger partial charge in [-0.15, -0.1) is 0 Å². The summed E-state index contributed by atoms with van der Waals surface area (Å²) in [5.41, 5.74) is -0.592. The lowest BCUT2D eigenvalue weighted by atomic mass is 10.0. The molecule has 88 valence electrons. The molecular weight excluding hydrogens is 194 g/mol. The minimum Gasteiger partial charge on any atom is -0.464 e. The Hall–Kier alpha value is -0.610. The molecule has 0 bridgehead atoms. The van der Waals surface area contributed by atoms with Gasteiger partial charge in [0.1, 0.15) is 5.54 Å². The molecule has 4 nitrogen and oxygen atoms in total. The van der Waals surface area contributed by atoms with Crippen molar-refractivity contribution in [3.05, 3.63) is 0 Å².